The number of allylic oxidation sites excluding steroid dienone is 1. The number of halogens is 1. The van der Waals surface area contributed by atoms with Crippen molar-refractivity contribution in [3.8, 4) is 0 Å². The van der Waals surface area contributed by atoms with Crippen molar-refractivity contribution in [2.75, 3.05) is 0 Å². The summed E-state index contributed by atoms with van der Waals surface area (Å²) < 4.78 is 27.0. The van der Waals surface area contributed by atoms with Crippen LogP contribution in [0.3, 0.4) is 0 Å². The number of carbonyl (C=O) groups is 2. The zero-order valence-electron chi connectivity index (χ0n) is 29.1. The lowest BCUT2D eigenvalue weighted by atomic mass is 9.47. The summed E-state index contributed by atoms with van der Waals surface area (Å²) in [6, 6.07) is 9.19. The number of hydrogen-bond donors (Lipinski definition) is 0. The zero-order valence-corrected chi connectivity index (χ0v) is 32.3. The van der Waals surface area contributed by atoms with Gasteiger partial charge in [-0.1, -0.05) is 81.0 Å². The average molecular weight is 763 g/mol. The molecule has 6 rings (SSSR count). The molecule has 4 aliphatic carbocycles. The van der Waals surface area contributed by atoms with Gasteiger partial charge < -0.3 is 18.6 Å². The minimum atomic E-state index is -2.23. The van der Waals surface area contributed by atoms with Crippen LogP contribution in [-0.2, 0) is 23.4 Å². The van der Waals surface area contributed by atoms with Gasteiger partial charge in [0, 0.05) is 6.42 Å². The van der Waals surface area contributed by atoms with Crippen molar-refractivity contribution in [1.82, 2.24) is 0 Å². The first-order valence-corrected chi connectivity index (χ1v) is 21.8. The predicted molar refractivity (Wildman–Crippen MR) is 191 cm³/mol. The number of carbonyl (C=O) groups excluding carboxylic acids is 2. The van der Waals surface area contributed by atoms with Gasteiger partial charge in [0.05, 0.1) is 21.7 Å². The molecule has 0 unspecified atom stereocenters. The van der Waals surface area contributed by atoms with Crippen LogP contribution in [-0.4, -0.2) is 54.7 Å². The minimum absolute atomic E-state index is 0.00263. The predicted octanol–water partition coefficient (Wildman–Crippen LogP) is 9.07. The van der Waals surface area contributed by atoms with E-state index in [9.17, 15) is 9.59 Å². The zero-order chi connectivity index (χ0) is 33.2. The third-order valence-corrected chi connectivity index (χ3v) is 19.1. The van der Waals surface area contributed by atoms with Crippen molar-refractivity contribution < 1.29 is 28.2 Å². The van der Waals surface area contributed by atoms with Crippen LogP contribution in [0.5, 0.6) is 0 Å². The lowest BCUT2D eigenvalue weighted by molar-refractivity contribution is -0.263. The molecule has 11 atom stereocenters. The summed E-state index contributed by atoms with van der Waals surface area (Å²) in [6.45, 7) is 18.2. The van der Waals surface area contributed by atoms with E-state index in [1.54, 1.807) is 12.1 Å². The molecule has 0 spiro atoms. The van der Waals surface area contributed by atoms with Gasteiger partial charge >= 0.3 is 5.97 Å². The van der Waals surface area contributed by atoms with Crippen molar-refractivity contribution in [2.45, 2.75) is 146 Å². The highest BCUT2D eigenvalue weighted by Gasteiger charge is 2.60. The quantitative estimate of drug-likeness (QED) is 0.125. The first-order chi connectivity index (χ1) is 21.5. The van der Waals surface area contributed by atoms with Crippen LogP contribution < -0.4 is 0 Å². The normalized spacial score (nSPS) is 41.2. The Kier molecular flexibility index (Phi) is 9.58. The van der Waals surface area contributed by atoms with E-state index in [-0.39, 0.29) is 44.1 Å². The average Bonchev–Trinajstić information content (AvgIpc) is 3.33. The summed E-state index contributed by atoms with van der Waals surface area (Å²) >= 11 is 2.45. The van der Waals surface area contributed by atoms with Gasteiger partial charge in [-0.05, 0) is 117 Å². The van der Waals surface area contributed by atoms with E-state index >= 15 is 0 Å². The Morgan fingerprint density at radius 3 is 2.39 bits per heavy atom. The van der Waals surface area contributed by atoms with Gasteiger partial charge in [-0.3, -0.25) is 4.79 Å². The van der Waals surface area contributed by atoms with Gasteiger partial charge in [-0.25, -0.2) is 4.79 Å². The standard InChI is InChI=1S/C38H55IO6Si/c1-23-32(44-34(41)24-12-10-9-11-13-24)33(45-46(7,8)36(2,3)4)31(39)35(42-23)43-30-17-16-28-27-15-14-25-22-26(40)18-20-37(25,5)29(27)19-21-38(28,30)6/h9-13,22-23,27-33,35H,14-21H2,1-8H3/t23-,27+,28+,29+,30+,31+,32-,33-,35-,37+,38+/m1/s1. The van der Waals surface area contributed by atoms with E-state index in [1.807, 2.05) is 31.2 Å². The number of rotatable bonds is 6. The second kappa shape index (κ2) is 12.7. The molecule has 1 heterocycles. The Balaban J connectivity index is 1.21. The molecule has 0 radical (unpaired) electrons. The Hall–Kier alpha value is -1.07. The van der Waals surface area contributed by atoms with Crippen molar-refractivity contribution in [2.24, 2.45) is 28.6 Å². The van der Waals surface area contributed by atoms with E-state index in [2.05, 4.69) is 70.3 Å². The van der Waals surface area contributed by atoms with Crippen LogP contribution in [0.15, 0.2) is 42.0 Å². The third-order valence-electron chi connectivity index (χ3n) is 13.4. The van der Waals surface area contributed by atoms with E-state index < -0.39 is 20.7 Å². The summed E-state index contributed by atoms with van der Waals surface area (Å²) in [5, 5.41) is -0.00263. The maximum absolute atomic E-state index is 13.3. The molecule has 3 saturated carbocycles. The third kappa shape index (κ3) is 6.13. The molecular formula is C38H55IO6Si. The van der Waals surface area contributed by atoms with Crippen LogP contribution >= 0.6 is 22.6 Å². The van der Waals surface area contributed by atoms with Gasteiger partial charge in [0.25, 0.3) is 0 Å². The smallest absolute Gasteiger partial charge is 0.338 e. The summed E-state index contributed by atoms with van der Waals surface area (Å²) in [5.74, 6) is 1.93. The minimum Gasteiger partial charge on any atom is -0.453 e. The number of hydrogen-bond acceptors (Lipinski definition) is 6. The summed E-state index contributed by atoms with van der Waals surface area (Å²) in [7, 11) is -2.23. The molecule has 1 aromatic rings. The largest absolute Gasteiger partial charge is 0.453 e. The first kappa shape index (κ1) is 34.8. The van der Waals surface area contributed by atoms with Crippen LogP contribution in [0.2, 0.25) is 18.1 Å². The second-order valence-corrected chi connectivity index (χ2v) is 23.1. The number of alkyl halides is 1. The molecule has 0 bridgehead atoms. The molecule has 1 aromatic carbocycles. The lowest BCUT2D eigenvalue weighted by Gasteiger charge is -2.58. The van der Waals surface area contributed by atoms with E-state index in [0.717, 1.165) is 25.7 Å². The molecule has 0 aromatic heterocycles. The Morgan fingerprint density at radius 2 is 1.70 bits per heavy atom. The summed E-state index contributed by atoms with van der Waals surface area (Å²) in [6.07, 6.45) is 8.94. The maximum atomic E-state index is 13.3. The van der Waals surface area contributed by atoms with Crippen LogP contribution in [0.4, 0.5) is 0 Å². The van der Waals surface area contributed by atoms with Crippen molar-refractivity contribution in [3.63, 3.8) is 0 Å². The van der Waals surface area contributed by atoms with Gasteiger partial charge in [0.15, 0.2) is 26.5 Å². The number of fused-ring (bicyclic) bond motifs is 5. The SMILES string of the molecule is C[C@H]1O[C@H](O[C@H]2CC[C@H]3[C@@H]4CCC5=CC(=O)CC[C@]5(C)[C@H]4CC[C@]23C)[C@@H](I)[C@@H](O[Si](C)(C)C(C)(C)C)[C@@H]1OC(=O)c1ccccc1. The molecule has 6 nitrogen and oxygen atoms in total. The van der Waals surface area contributed by atoms with Crippen molar-refractivity contribution >= 4 is 42.7 Å². The molecule has 1 aliphatic heterocycles. The van der Waals surface area contributed by atoms with Gasteiger partial charge in [-0.15, -0.1) is 0 Å². The highest BCUT2D eigenvalue weighted by Crippen LogP contribution is 2.66. The topological polar surface area (TPSA) is 71.1 Å². The molecule has 4 fully saturated rings. The second-order valence-electron chi connectivity index (χ2n) is 16.9. The highest BCUT2D eigenvalue weighted by atomic mass is 127. The van der Waals surface area contributed by atoms with Crippen LogP contribution in [0, 0.1) is 28.6 Å². The number of ether oxygens (including phenoxy) is 3. The number of esters is 1. The summed E-state index contributed by atoms with van der Waals surface area (Å²) in [4.78, 5) is 25.6. The monoisotopic (exact) mass is 762 g/mol. The molecule has 5 aliphatic rings. The highest BCUT2D eigenvalue weighted by molar-refractivity contribution is 14.1. The fourth-order valence-corrected chi connectivity index (χ4v) is 12.0. The Morgan fingerprint density at radius 1 is 0.978 bits per heavy atom. The van der Waals surface area contributed by atoms with Gasteiger partial charge in [-0.2, -0.15) is 0 Å². The molecule has 8 heteroatoms. The molecule has 0 amide bonds. The molecular weight excluding hydrogens is 707 g/mol. The first-order valence-electron chi connectivity index (χ1n) is 17.7. The van der Waals surface area contributed by atoms with Gasteiger partial charge in [0.2, 0.25) is 0 Å². The fourth-order valence-electron chi connectivity index (χ4n) is 9.55. The van der Waals surface area contributed by atoms with Crippen molar-refractivity contribution in [1.29, 1.82) is 0 Å². The fraction of sp³-hybridized carbons (Fsp3) is 0.737. The van der Waals surface area contributed by atoms with E-state index in [4.69, 9.17) is 18.6 Å². The molecule has 254 valence electrons. The van der Waals surface area contributed by atoms with E-state index in [0.29, 0.717) is 35.5 Å². The number of ketones is 1. The molecule has 1 saturated heterocycles. The summed E-state index contributed by atoms with van der Waals surface area (Å²) in [5.41, 5.74) is 2.22. The molecule has 0 N–H and O–H groups in total. The maximum Gasteiger partial charge on any atom is 0.338 e. The lowest BCUT2D eigenvalue weighted by Crippen LogP contribution is -2.62. The van der Waals surface area contributed by atoms with Crippen LogP contribution in [0.25, 0.3) is 0 Å². The number of benzene rings is 1. The van der Waals surface area contributed by atoms with Crippen LogP contribution in [0.1, 0.15) is 103 Å². The van der Waals surface area contributed by atoms with Crippen molar-refractivity contribution in [3.05, 3.63) is 47.5 Å². The van der Waals surface area contributed by atoms with Gasteiger partial charge in [0.1, 0.15) is 6.10 Å². The Labute approximate surface area is 291 Å². The molecule has 46 heavy (non-hydrogen) atoms. The Bertz CT molecular complexity index is 1340. The van der Waals surface area contributed by atoms with E-state index in [1.165, 1.54) is 24.8 Å².